The van der Waals surface area contributed by atoms with Crippen molar-refractivity contribution in [2.75, 3.05) is 43.6 Å². The highest BCUT2D eigenvalue weighted by atomic mass is 16.5. The van der Waals surface area contributed by atoms with Crippen molar-refractivity contribution in [2.45, 2.75) is 38.1 Å². The first-order valence-electron chi connectivity index (χ1n) is 11.2. The zero-order valence-electron chi connectivity index (χ0n) is 19.0. The van der Waals surface area contributed by atoms with Gasteiger partial charge in [-0.05, 0) is 38.0 Å². The van der Waals surface area contributed by atoms with Gasteiger partial charge >= 0.3 is 0 Å². The molecule has 0 spiro atoms. The van der Waals surface area contributed by atoms with Crippen LogP contribution in [0, 0.1) is 23.7 Å². The van der Waals surface area contributed by atoms with E-state index in [0.717, 1.165) is 29.8 Å². The maximum atomic E-state index is 12.5. The molecule has 1 atom stereocenters. The SMILES string of the molecule is C#Cc1ccnc(Nc2cc(C#N)c(N3CCN(C(=O)CCOC)[C@H](C)C3)nc2C2CC2)c1. The Kier molecular flexibility index (Phi) is 6.76. The Hall–Kier alpha value is -3.62. The van der Waals surface area contributed by atoms with Gasteiger partial charge in [0, 0.05) is 50.5 Å². The highest BCUT2D eigenvalue weighted by molar-refractivity contribution is 5.77. The minimum Gasteiger partial charge on any atom is -0.384 e. The van der Waals surface area contributed by atoms with Crippen LogP contribution >= 0.6 is 0 Å². The third-order valence-corrected chi connectivity index (χ3v) is 6.07. The molecule has 1 amide bonds. The molecule has 2 fully saturated rings. The van der Waals surface area contributed by atoms with E-state index in [1.807, 2.05) is 17.9 Å². The molecule has 4 rings (SSSR count). The minimum atomic E-state index is 0.0225. The first kappa shape index (κ1) is 22.6. The highest BCUT2D eigenvalue weighted by Crippen LogP contribution is 2.44. The summed E-state index contributed by atoms with van der Waals surface area (Å²) in [7, 11) is 1.60. The molecule has 1 aliphatic heterocycles. The number of piperazine rings is 1. The van der Waals surface area contributed by atoms with Gasteiger partial charge in [0.05, 0.1) is 30.0 Å². The van der Waals surface area contributed by atoms with Gasteiger partial charge in [-0.15, -0.1) is 6.42 Å². The van der Waals surface area contributed by atoms with Crippen LogP contribution in [0.5, 0.6) is 0 Å². The molecule has 1 N–H and O–H groups in total. The van der Waals surface area contributed by atoms with Crippen LogP contribution in [-0.2, 0) is 9.53 Å². The van der Waals surface area contributed by atoms with E-state index in [9.17, 15) is 10.1 Å². The summed E-state index contributed by atoms with van der Waals surface area (Å²) in [6.45, 7) is 4.31. The smallest absolute Gasteiger partial charge is 0.225 e. The molecule has 8 heteroatoms. The second-order valence-electron chi connectivity index (χ2n) is 8.50. The number of methoxy groups -OCH3 is 1. The van der Waals surface area contributed by atoms with E-state index < -0.39 is 0 Å². The molecule has 0 aromatic carbocycles. The number of amides is 1. The average molecular weight is 445 g/mol. The van der Waals surface area contributed by atoms with E-state index >= 15 is 0 Å². The van der Waals surface area contributed by atoms with E-state index in [4.69, 9.17) is 16.1 Å². The van der Waals surface area contributed by atoms with Gasteiger partial charge in [-0.1, -0.05) is 5.92 Å². The lowest BCUT2D eigenvalue weighted by molar-refractivity contribution is -0.134. The van der Waals surface area contributed by atoms with Gasteiger partial charge in [0.25, 0.3) is 0 Å². The molecule has 170 valence electrons. The summed E-state index contributed by atoms with van der Waals surface area (Å²) in [6, 6.07) is 7.77. The van der Waals surface area contributed by atoms with Crippen molar-refractivity contribution in [3.63, 3.8) is 0 Å². The van der Waals surface area contributed by atoms with Crippen molar-refractivity contribution >= 4 is 23.2 Å². The van der Waals surface area contributed by atoms with Gasteiger partial charge in [-0.25, -0.2) is 9.97 Å². The summed E-state index contributed by atoms with van der Waals surface area (Å²) in [5, 5.41) is 13.2. The van der Waals surface area contributed by atoms with Gasteiger partial charge in [-0.3, -0.25) is 4.79 Å². The lowest BCUT2D eigenvalue weighted by atomic mass is 10.1. The second kappa shape index (κ2) is 9.89. The molecule has 0 radical (unpaired) electrons. The van der Waals surface area contributed by atoms with E-state index in [0.29, 0.717) is 55.8 Å². The predicted molar refractivity (Wildman–Crippen MR) is 126 cm³/mol. The van der Waals surface area contributed by atoms with E-state index in [-0.39, 0.29) is 11.9 Å². The normalized spacial score (nSPS) is 17.9. The zero-order valence-corrected chi connectivity index (χ0v) is 19.0. The summed E-state index contributed by atoms with van der Waals surface area (Å²) >= 11 is 0. The van der Waals surface area contributed by atoms with Crippen molar-refractivity contribution in [1.29, 1.82) is 5.26 Å². The zero-order chi connectivity index (χ0) is 23.4. The number of carbonyl (C=O) groups is 1. The topological polar surface area (TPSA) is 94.4 Å². The van der Waals surface area contributed by atoms with Crippen LogP contribution in [0.25, 0.3) is 0 Å². The Balaban J connectivity index is 1.58. The van der Waals surface area contributed by atoms with Crippen molar-refractivity contribution < 1.29 is 9.53 Å². The highest BCUT2D eigenvalue weighted by Gasteiger charge is 2.33. The molecule has 1 saturated heterocycles. The molecule has 1 saturated carbocycles. The van der Waals surface area contributed by atoms with Crippen LogP contribution in [0.2, 0.25) is 0 Å². The van der Waals surface area contributed by atoms with Crippen molar-refractivity contribution in [1.82, 2.24) is 14.9 Å². The lowest BCUT2D eigenvalue weighted by Gasteiger charge is -2.41. The Morgan fingerprint density at radius 3 is 2.85 bits per heavy atom. The van der Waals surface area contributed by atoms with Gasteiger partial charge in [0.15, 0.2) is 0 Å². The van der Waals surface area contributed by atoms with Crippen molar-refractivity contribution in [2.24, 2.45) is 0 Å². The lowest BCUT2D eigenvalue weighted by Crippen LogP contribution is -2.54. The summed E-state index contributed by atoms with van der Waals surface area (Å²) < 4.78 is 5.04. The number of ether oxygens (including phenoxy) is 1. The Labute approximate surface area is 194 Å². The summed E-state index contributed by atoms with van der Waals surface area (Å²) in [6.07, 6.45) is 9.70. The number of nitrogens with zero attached hydrogens (tertiary/aromatic N) is 5. The predicted octanol–water partition coefficient (Wildman–Crippen LogP) is 3.02. The average Bonchev–Trinajstić information content (AvgIpc) is 3.67. The molecule has 3 heterocycles. The molecule has 2 aliphatic rings. The number of hydrogen-bond acceptors (Lipinski definition) is 7. The maximum absolute atomic E-state index is 12.5. The van der Waals surface area contributed by atoms with Gasteiger partial charge in [0.1, 0.15) is 17.7 Å². The third-order valence-electron chi connectivity index (χ3n) is 6.07. The fourth-order valence-electron chi connectivity index (χ4n) is 4.19. The first-order chi connectivity index (χ1) is 16.0. The first-order valence-corrected chi connectivity index (χ1v) is 11.2. The number of nitrogens with one attached hydrogen (secondary N) is 1. The quantitative estimate of drug-likeness (QED) is 0.656. The molecule has 2 aromatic rings. The Morgan fingerprint density at radius 2 is 2.18 bits per heavy atom. The molecular formula is C25H28N6O2. The van der Waals surface area contributed by atoms with Crippen LogP contribution in [0.1, 0.15) is 48.9 Å². The van der Waals surface area contributed by atoms with Crippen LogP contribution in [0.3, 0.4) is 0 Å². The maximum Gasteiger partial charge on any atom is 0.225 e. The molecule has 8 nitrogen and oxygen atoms in total. The number of pyridine rings is 2. The van der Waals surface area contributed by atoms with Crippen molar-refractivity contribution in [3.8, 4) is 18.4 Å². The largest absolute Gasteiger partial charge is 0.384 e. The van der Waals surface area contributed by atoms with Crippen LogP contribution in [0.4, 0.5) is 17.3 Å². The van der Waals surface area contributed by atoms with Crippen LogP contribution in [0.15, 0.2) is 24.4 Å². The second-order valence-corrected chi connectivity index (χ2v) is 8.50. The minimum absolute atomic E-state index is 0.0225. The number of hydrogen-bond donors (Lipinski definition) is 1. The van der Waals surface area contributed by atoms with Crippen LogP contribution < -0.4 is 10.2 Å². The number of nitriles is 1. The third kappa shape index (κ3) is 5.08. The van der Waals surface area contributed by atoms with Gasteiger partial charge < -0.3 is 19.9 Å². The van der Waals surface area contributed by atoms with E-state index in [1.54, 1.807) is 25.4 Å². The van der Waals surface area contributed by atoms with E-state index in [2.05, 4.69) is 27.2 Å². The standard InChI is InChI=1S/C25H28N6O2/c1-4-18-7-9-27-22(13-18)28-21-14-20(15-26)25(29-24(21)19-5-6-19)30-10-11-31(17(2)16-30)23(32)8-12-33-3/h1,7,9,13-14,17,19H,5-6,8,10-12,16H2,2-3H3,(H,27,28)/t17-/m1/s1. The molecular weight excluding hydrogens is 416 g/mol. The Bertz CT molecular complexity index is 1110. The summed E-state index contributed by atoms with van der Waals surface area (Å²) in [5.74, 6) is 4.39. The summed E-state index contributed by atoms with van der Waals surface area (Å²) in [4.78, 5) is 25.8. The molecule has 2 aromatic heterocycles. The van der Waals surface area contributed by atoms with E-state index in [1.165, 1.54) is 0 Å². The molecule has 1 aliphatic carbocycles. The van der Waals surface area contributed by atoms with Crippen molar-refractivity contribution in [3.05, 3.63) is 41.2 Å². The van der Waals surface area contributed by atoms with Gasteiger partial charge in [-0.2, -0.15) is 5.26 Å². The Morgan fingerprint density at radius 1 is 1.36 bits per heavy atom. The fourth-order valence-corrected chi connectivity index (χ4v) is 4.19. The number of carbonyl (C=O) groups excluding carboxylic acids is 1. The fraction of sp³-hybridized carbons (Fsp3) is 0.440. The number of aromatic nitrogens is 2. The molecule has 33 heavy (non-hydrogen) atoms. The molecule has 0 unspecified atom stereocenters. The van der Waals surface area contributed by atoms with Crippen LogP contribution in [-0.4, -0.2) is 60.2 Å². The number of anilines is 3. The number of terminal acetylenes is 1. The monoisotopic (exact) mass is 444 g/mol. The van der Waals surface area contributed by atoms with Gasteiger partial charge in [0.2, 0.25) is 5.91 Å². The molecule has 0 bridgehead atoms. The number of rotatable bonds is 7. The summed E-state index contributed by atoms with van der Waals surface area (Å²) in [5.41, 5.74) is 2.97.